The highest BCUT2D eigenvalue weighted by atomic mass is 16.5. The van der Waals surface area contributed by atoms with Crippen LogP contribution in [0.3, 0.4) is 0 Å². The highest BCUT2D eigenvalue weighted by Gasteiger charge is 2.67. The molecule has 6 aromatic rings. The van der Waals surface area contributed by atoms with Gasteiger partial charge in [0.2, 0.25) is 11.8 Å². The molecule has 4 aliphatic rings. The van der Waals surface area contributed by atoms with E-state index in [9.17, 15) is 14.4 Å². The molecular weight excluding hydrogens is 781 g/mol. The second-order valence-electron chi connectivity index (χ2n) is 19.0. The van der Waals surface area contributed by atoms with Crippen LogP contribution in [0.4, 0.5) is 4.79 Å². The molecule has 4 aromatic carbocycles. The third-order valence-corrected chi connectivity index (χ3v) is 15.1. The van der Waals surface area contributed by atoms with Crippen molar-refractivity contribution in [1.82, 2.24) is 40.4 Å². The molecule has 2 saturated carbocycles. The van der Waals surface area contributed by atoms with Crippen LogP contribution < -0.4 is 10.6 Å². The number of carbonyl (C=O) groups excluding carboxylic acids is 3. The molecule has 4 heterocycles. The molecule has 62 heavy (non-hydrogen) atoms. The fraction of sp³-hybridized carbons (Fsp3) is 0.490. The molecule has 3 amide bonds. The molecule has 2 aromatic heterocycles. The highest BCUT2D eigenvalue weighted by molar-refractivity contribution is 6.07. The standard InChI is InChI=1S/C49H58N8O5/c1-26(2)36(25-50-28(5)61-6)44(58)57-20-18-33-23-49(33,57)45-52-38-17-13-32-22-30(11-15-35(32)42(38)55-45)29-10-14-34-31(21-29)12-16-37-41(34)54-43(51-37)39-9-8-19-56(39)46(59)48(27(3)4)24-40(48)53-47(60)62-7/h10-17,21-22,26-28,33,36,39-40,50H,8-9,18-20,23-25H2,1-7H3,(H,51,54)(H,52,55)(H,53,60)/t28?,33?,36?,39-,40?,48?,49?/m0/s1. The van der Waals surface area contributed by atoms with Crippen LogP contribution in [0, 0.1) is 29.1 Å². The monoisotopic (exact) mass is 838 g/mol. The Morgan fingerprint density at radius 1 is 0.839 bits per heavy atom. The van der Waals surface area contributed by atoms with Crippen LogP contribution in [0.1, 0.15) is 84.4 Å². The van der Waals surface area contributed by atoms with E-state index in [0.717, 1.165) is 98.6 Å². The van der Waals surface area contributed by atoms with Crippen molar-refractivity contribution in [2.24, 2.45) is 29.1 Å². The van der Waals surface area contributed by atoms with Gasteiger partial charge in [0, 0.05) is 43.6 Å². The Bertz CT molecular complexity index is 2760. The predicted octanol–water partition coefficient (Wildman–Crippen LogP) is 8.15. The molecular formula is C49H58N8O5. The lowest BCUT2D eigenvalue weighted by atomic mass is 9.89. The zero-order chi connectivity index (χ0) is 43.2. The summed E-state index contributed by atoms with van der Waals surface area (Å²) in [6.45, 7) is 12.3. The van der Waals surface area contributed by atoms with Crippen molar-refractivity contribution in [1.29, 1.82) is 0 Å². The van der Waals surface area contributed by atoms with Crippen molar-refractivity contribution in [3.8, 4) is 11.1 Å². The Labute approximate surface area is 361 Å². The quantitative estimate of drug-likeness (QED) is 0.0900. The fourth-order valence-electron chi connectivity index (χ4n) is 11.1. The lowest BCUT2D eigenvalue weighted by molar-refractivity contribution is -0.140. The minimum absolute atomic E-state index is 0.0625. The van der Waals surface area contributed by atoms with Gasteiger partial charge >= 0.3 is 6.09 Å². The van der Waals surface area contributed by atoms with Gasteiger partial charge in [0.05, 0.1) is 46.6 Å². The number of rotatable bonds is 12. The summed E-state index contributed by atoms with van der Waals surface area (Å²) in [7, 11) is 3.02. The van der Waals surface area contributed by atoms with Gasteiger partial charge in [0.1, 0.15) is 23.4 Å². The third kappa shape index (κ3) is 6.36. The Balaban J connectivity index is 0.904. The van der Waals surface area contributed by atoms with Crippen molar-refractivity contribution >= 4 is 61.5 Å². The van der Waals surface area contributed by atoms with Crippen molar-refractivity contribution in [2.75, 3.05) is 33.9 Å². The average Bonchev–Trinajstić information content (AvgIpc) is 3.75. The predicted molar refractivity (Wildman–Crippen MR) is 240 cm³/mol. The van der Waals surface area contributed by atoms with Crippen LogP contribution in [0.5, 0.6) is 0 Å². The van der Waals surface area contributed by atoms with E-state index in [0.29, 0.717) is 25.4 Å². The molecule has 0 bridgehead atoms. The molecule has 13 heteroatoms. The summed E-state index contributed by atoms with van der Waals surface area (Å²) in [5.41, 5.74) is 4.97. The zero-order valence-electron chi connectivity index (χ0n) is 36.8. The van der Waals surface area contributed by atoms with E-state index in [2.05, 4.69) is 114 Å². The molecule has 4 fully saturated rings. The summed E-state index contributed by atoms with van der Waals surface area (Å²) >= 11 is 0. The average molecular weight is 839 g/mol. The number of carbonyl (C=O) groups is 3. The van der Waals surface area contributed by atoms with Crippen molar-refractivity contribution < 1.29 is 23.9 Å². The number of nitrogens with zero attached hydrogens (tertiary/aromatic N) is 4. The number of fused-ring (bicyclic) bond motifs is 7. The maximum absolute atomic E-state index is 14.2. The van der Waals surface area contributed by atoms with Crippen LogP contribution >= 0.6 is 0 Å². The van der Waals surface area contributed by atoms with Crippen LogP contribution in [-0.4, -0.2) is 93.8 Å². The number of H-pyrrole nitrogens is 2. The summed E-state index contributed by atoms with van der Waals surface area (Å²) in [5.74, 6) is 2.50. The number of imidazole rings is 2. The number of likely N-dealkylation sites (tertiary alicyclic amines) is 2. The topological polar surface area (TPSA) is 158 Å². The number of aromatic nitrogens is 4. The van der Waals surface area contributed by atoms with Gasteiger partial charge in [-0.25, -0.2) is 14.8 Å². The molecule has 2 aliphatic heterocycles. The van der Waals surface area contributed by atoms with Gasteiger partial charge in [-0.1, -0.05) is 64.1 Å². The maximum atomic E-state index is 14.2. The summed E-state index contributed by atoms with van der Waals surface area (Å²) in [6, 6.07) is 21.2. The lowest BCUT2D eigenvalue weighted by Gasteiger charge is -2.33. The first-order valence-corrected chi connectivity index (χ1v) is 22.5. The van der Waals surface area contributed by atoms with E-state index < -0.39 is 11.5 Å². The minimum atomic E-state index is -0.639. The normalized spacial score (nSPS) is 25.3. The molecule has 0 spiro atoms. The molecule has 10 rings (SSSR count). The van der Waals surface area contributed by atoms with Crippen molar-refractivity contribution in [3.63, 3.8) is 0 Å². The van der Waals surface area contributed by atoms with Crippen LogP contribution in [-0.2, 0) is 24.6 Å². The summed E-state index contributed by atoms with van der Waals surface area (Å²) in [5, 5.41) is 10.6. The van der Waals surface area contributed by atoms with E-state index >= 15 is 0 Å². The first-order valence-electron chi connectivity index (χ1n) is 22.5. The van der Waals surface area contributed by atoms with Crippen LogP contribution in [0.2, 0.25) is 0 Å². The Hall–Kier alpha value is -5.53. The zero-order valence-corrected chi connectivity index (χ0v) is 36.8. The smallest absolute Gasteiger partial charge is 0.407 e. The third-order valence-electron chi connectivity index (χ3n) is 15.1. The lowest BCUT2D eigenvalue weighted by Crippen LogP contribution is -2.47. The number of amides is 3. The summed E-state index contributed by atoms with van der Waals surface area (Å²) in [6.07, 6.45) is 3.65. The summed E-state index contributed by atoms with van der Waals surface area (Å²) in [4.78, 5) is 62.3. The number of benzene rings is 4. The van der Waals surface area contributed by atoms with Gasteiger partial charge < -0.3 is 34.6 Å². The van der Waals surface area contributed by atoms with Gasteiger partial charge in [-0.15, -0.1) is 0 Å². The first-order chi connectivity index (χ1) is 29.9. The molecule has 324 valence electrons. The Morgan fingerprint density at radius 2 is 1.52 bits per heavy atom. The number of aromatic amines is 2. The van der Waals surface area contributed by atoms with Crippen LogP contribution in [0.15, 0.2) is 60.7 Å². The number of alkyl carbamates (subject to hydrolysis) is 1. The SMILES string of the molecule is COC(=O)NC1CC1(C(=O)N1CCC[C@H]1c1nc2c(ccc3cc(-c4ccc5c(ccc6[nH]c(C78CC7CCN8C(=O)C(CNC(C)OC)C(C)C)nc65)c4)ccc32)[nH]1)C(C)C. The number of piperidine rings is 1. The summed E-state index contributed by atoms with van der Waals surface area (Å²) < 4.78 is 10.3. The molecule has 2 saturated heterocycles. The van der Waals surface area contributed by atoms with Gasteiger partial charge in [-0.05, 0) is 103 Å². The molecule has 0 radical (unpaired) electrons. The maximum Gasteiger partial charge on any atom is 0.407 e. The number of ether oxygens (including phenoxy) is 2. The molecule has 6 unspecified atom stereocenters. The number of nitrogens with one attached hydrogen (secondary N) is 4. The van der Waals surface area contributed by atoms with Gasteiger partial charge in [-0.2, -0.15) is 0 Å². The Morgan fingerprint density at radius 3 is 2.15 bits per heavy atom. The van der Waals surface area contributed by atoms with E-state index in [1.165, 1.54) is 7.11 Å². The first kappa shape index (κ1) is 40.5. The number of hydrogen-bond acceptors (Lipinski definition) is 8. The largest absolute Gasteiger partial charge is 0.453 e. The fourth-order valence-corrected chi connectivity index (χ4v) is 11.1. The second-order valence-corrected chi connectivity index (χ2v) is 19.0. The van der Waals surface area contributed by atoms with Crippen molar-refractivity contribution in [2.45, 2.75) is 90.6 Å². The van der Waals surface area contributed by atoms with E-state index in [1.54, 1.807) is 7.11 Å². The molecule has 7 atom stereocenters. The van der Waals surface area contributed by atoms with Crippen LogP contribution in [0.25, 0.3) is 54.7 Å². The molecule has 13 nitrogen and oxygen atoms in total. The van der Waals surface area contributed by atoms with Gasteiger partial charge in [0.15, 0.2) is 0 Å². The van der Waals surface area contributed by atoms with E-state index in [-0.39, 0.29) is 53.4 Å². The van der Waals surface area contributed by atoms with Crippen molar-refractivity contribution in [3.05, 3.63) is 72.3 Å². The second kappa shape index (κ2) is 15.1. The molecule has 2 aliphatic carbocycles. The highest BCUT2D eigenvalue weighted by Crippen LogP contribution is 2.62. The van der Waals surface area contributed by atoms with Gasteiger partial charge in [-0.3, -0.25) is 14.9 Å². The number of hydrogen-bond donors (Lipinski definition) is 4. The van der Waals surface area contributed by atoms with E-state index in [4.69, 9.17) is 19.4 Å². The van der Waals surface area contributed by atoms with E-state index in [1.807, 2.05) is 11.8 Å². The minimum Gasteiger partial charge on any atom is -0.453 e. The number of methoxy groups -OCH3 is 2. The Kier molecular flexibility index (Phi) is 9.86. The molecule has 4 N–H and O–H groups in total. The van der Waals surface area contributed by atoms with Gasteiger partial charge in [0.25, 0.3) is 0 Å².